The van der Waals surface area contributed by atoms with Crippen molar-refractivity contribution in [1.29, 1.82) is 0 Å². The standard InChI is InChI=1S/C21H23FN6O2/c1-27(2)20(30)17-10-13-11-24-21(26-19(13)28(17)14-5-3-4-6-14)25-16-8-7-12(18(23)29)9-15(16)22/h7-11,14H,3-6H2,1-2H3,(H2,23,29)(H,24,25,26). The highest BCUT2D eigenvalue weighted by atomic mass is 19.1. The third kappa shape index (κ3) is 3.58. The first-order valence-corrected chi connectivity index (χ1v) is 9.81. The van der Waals surface area contributed by atoms with Crippen LogP contribution in [0.3, 0.4) is 0 Å². The summed E-state index contributed by atoms with van der Waals surface area (Å²) in [6.07, 6.45) is 5.79. The van der Waals surface area contributed by atoms with Gasteiger partial charge in [-0.05, 0) is 37.1 Å². The molecule has 2 aromatic heterocycles. The number of nitrogens with two attached hydrogens (primary N) is 1. The van der Waals surface area contributed by atoms with E-state index in [2.05, 4.69) is 15.3 Å². The summed E-state index contributed by atoms with van der Waals surface area (Å²) in [5.74, 6) is -1.23. The van der Waals surface area contributed by atoms with Gasteiger partial charge in [0.15, 0.2) is 0 Å². The number of halogens is 1. The first-order chi connectivity index (χ1) is 14.3. The Bertz CT molecular complexity index is 1130. The van der Waals surface area contributed by atoms with Crippen molar-refractivity contribution in [2.24, 2.45) is 5.73 Å². The molecule has 1 saturated carbocycles. The van der Waals surface area contributed by atoms with Crippen molar-refractivity contribution in [3.63, 3.8) is 0 Å². The molecule has 0 aliphatic heterocycles. The Morgan fingerprint density at radius 2 is 1.97 bits per heavy atom. The Morgan fingerprint density at radius 1 is 1.23 bits per heavy atom. The summed E-state index contributed by atoms with van der Waals surface area (Å²) in [6, 6.07) is 5.91. The quantitative estimate of drug-likeness (QED) is 0.672. The van der Waals surface area contributed by atoms with E-state index in [0.717, 1.165) is 37.1 Å². The molecule has 30 heavy (non-hydrogen) atoms. The third-order valence-electron chi connectivity index (χ3n) is 5.39. The zero-order valence-electron chi connectivity index (χ0n) is 16.9. The summed E-state index contributed by atoms with van der Waals surface area (Å²) in [5.41, 5.74) is 6.61. The maximum atomic E-state index is 14.4. The molecule has 1 aromatic carbocycles. The Hall–Kier alpha value is -3.49. The highest BCUT2D eigenvalue weighted by Gasteiger charge is 2.26. The van der Waals surface area contributed by atoms with Gasteiger partial charge in [-0.2, -0.15) is 4.98 Å². The fourth-order valence-corrected chi connectivity index (χ4v) is 3.88. The number of carbonyl (C=O) groups excluding carboxylic acids is 2. The third-order valence-corrected chi connectivity index (χ3v) is 5.39. The smallest absolute Gasteiger partial charge is 0.270 e. The Morgan fingerprint density at radius 3 is 2.60 bits per heavy atom. The topological polar surface area (TPSA) is 106 Å². The van der Waals surface area contributed by atoms with Gasteiger partial charge in [0, 0.05) is 37.3 Å². The van der Waals surface area contributed by atoms with Gasteiger partial charge in [-0.15, -0.1) is 0 Å². The number of nitrogens with zero attached hydrogens (tertiary/aromatic N) is 4. The normalized spacial score (nSPS) is 14.2. The van der Waals surface area contributed by atoms with Crippen LogP contribution in [0.4, 0.5) is 16.0 Å². The number of anilines is 2. The van der Waals surface area contributed by atoms with E-state index in [1.54, 1.807) is 25.2 Å². The number of hydrogen-bond donors (Lipinski definition) is 2. The molecule has 2 amide bonds. The first kappa shape index (κ1) is 19.8. The largest absolute Gasteiger partial charge is 0.366 e. The summed E-state index contributed by atoms with van der Waals surface area (Å²) >= 11 is 0. The monoisotopic (exact) mass is 410 g/mol. The lowest BCUT2D eigenvalue weighted by atomic mass is 10.2. The molecule has 0 radical (unpaired) electrons. The van der Waals surface area contributed by atoms with Gasteiger partial charge in [0.1, 0.15) is 17.2 Å². The van der Waals surface area contributed by atoms with Crippen LogP contribution in [0, 0.1) is 5.82 Å². The molecular formula is C21H23FN6O2. The highest BCUT2D eigenvalue weighted by Crippen LogP contribution is 2.35. The minimum atomic E-state index is -0.703. The van der Waals surface area contributed by atoms with Crippen molar-refractivity contribution in [3.05, 3.63) is 47.5 Å². The number of benzene rings is 1. The lowest BCUT2D eigenvalue weighted by molar-refractivity contribution is 0.0815. The SMILES string of the molecule is CN(C)C(=O)c1cc2cnc(Nc3ccc(C(N)=O)cc3F)nc2n1C1CCCC1. The maximum Gasteiger partial charge on any atom is 0.270 e. The van der Waals surface area contributed by atoms with Crippen molar-refractivity contribution >= 4 is 34.5 Å². The minimum Gasteiger partial charge on any atom is -0.366 e. The van der Waals surface area contributed by atoms with Crippen LogP contribution in [0.15, 0.2) is 30.5 Å². The number of primary amides is 1. The maximum absolute atomic E-state index is 14.4. The lowest BCUT2D eigenvalue weighted by Crippen LogP contribution is -2.25. The number of carbonyl (C=O) groups is 2. The molecule has 8 nitrogen and oxygen atoms in total. The van der Waals surface area contributed by atoms with Gasteiger partial charge < -0.3 is 20.5 Å². The average Bonchev–Trinajstić information content (AvgIpc) is 3.35. The molecule has 1 aliphatic rings. The molecule has 1 fully saturated rings. The van der Waals surface area contributed by atoms with Crippen molar-refractivity contribution < 1.29 is 14.0 Å². The van der Waals surface area contributed by atoms with Crippen molar-refractivity contribution in [1.82, 2.24) is 19.4 Å². The zero-order valence-corrected chi connectivity index (χ0v) is 16.9. The van der Waals surface area contributed by atoms with Crippen LogP contribution in [-0.4, -0.2) is 45.3 Å². The molecule has 3 aromatic rings. The van der Waals surface area contributed by atoms with Gasteiger partial charge in [-0.25, -0.2) is 9.37 Å². The molecule has 0 atom stereocenters. The number of amides is 2. The number of fused-ring (bicyclic) bond motifs is 1. The number of aromatic nitrogens is 3. The number of rotatable bonds is 5. The van der Waals surface area contributed by atoms with E-state index in [1.807, 2.05) is 10.6 Å². The first-order valence-electron chi connectivity index (χ1n) is 9.81. The van der Waals surface area contributed by atoms with E-state index in [1.165, 1.54) is 12.1 Å². The predicted molar refractivity (Wildman–Crippen MR) is 111 cm³/mol. The van der Waals surface area contributed by atoms with Crippen LogP contribution < -0.4 is 11.1 Å². The molecule has 3 N–H and O–H groups in total. The zero-order chi connectivity index (χ0) is 21.4. The van der Waals surface area contributed by atoms with E-state index in [0.29, 0.717) is 11.3 Å². The van der Waals surface area contributed by atoms with Crippen LogP contribution in [0.2, 0.25) is 0 Å². The average molecular weight is 410 g/mol. The molecule has 2 heterocycles. The number of nitrogens with one attached hydrogen (secondary N) is 1. The van der Waals surface area contributed by atoms with E-state index >= 15 is 0 Å². The fraction of sp³-hybridized carbons (Fsp3) is 0.333. The molecule has 4 rings (SSSR count). The second-order valence-corrected chi connectivity index (χ2v) is 7.69. The van der Waals surface area contributed by atoms with Gasteiger partial charge in [0.2, 0.25) is 11.9 Å². The Kier molecular flexibility index (Phi) is 5.11. The van der Waals surface area contributed by atoms with Crippen LogP contribution in [0.1, 0.15) is 52.6 Å². The van der Waals surface area contributed by atoms with E-state index in [9.17, 15) is 14.0 Å². The van der Waals surface area contributed by atoms with Crippen LogP contribution >= 0.6 is 0 Å². The molecule has 0 spiro atoms. The summed E-state index contributed by atoms with van der Waals surface area (Å²) in [5, 5.41) is 3.60. The van der Waals surface area contributed by atoms with E-state index in [-0.39, 0.29) is 29.1 Å². The molecule has 0 unspecified atom stereocenters. The summed E-state index contributed by atoms with van der Waals surface area (Å²) in [7, 11) is 3.44. The van der Waals surface area contributed by atoms with Crippen molar-refractivity contribution in [3.8, 4) is 0 Å². The van der Waals surface area contributed by atoms with Crippen LogP contribution in [0.25, 0.3) is 11.0 Å². The predicted octanol–water partition coefficient (Wildman–Crippen LogP) is 3.23. The van der Waals surface area contributed by atoms with E-state index < -0.39 is 11.7 Å². The van der Waals surface area contributed by atoms with Gasteiger partial charge in [-0.1, -0.05) is 12.8 Å². The minimum absolute atomic E-state index is 0.0800. The van der Waals surface area contributed by atoms with E-state index in [4.69, 9.17) is 5.73 Å². The van der Waals surface area contributed by atoms with Crippen LogP contribution in [0.5, 0.6) is 0 Å². The Labute approximate surface area is 172 Å². The summed E-state index contributed by atoms with van der Waals surface area (Å²) in [4.78, 5) is 34.4. The van der Waals surface area contributed by atoms with Crippen molar-refractivity contribution in [2.45, 2.75) is 31.7 Å². The van der Waals surface area contributed by atoms with Crippen molar-refractivity contribution in [2.75, 3.05) is 19.4 Å². The summed E-state index contributed by atoms with van der Waals surface area (Å²) < 4.78 is 16.3. The van der Waals surface area contributed by atoms with Gasteiger partial charge in [0.25, 0.3) is 5.91 Å². The molecule has 1 aliphatic carbocycles. The molecule has 0 bridgehead atoms. The molecule has 156 valence electrons. The molecule has 0 saturated heterocycles. The fourth-order valence-electron chi connectivity index (χ4n) is 3.88. The summed E-state index contributed by atoms with van der Waals surface area (Å²) in [6.45, 7) is 0. The lowest BCUT2D eigenvalue weighted by Gasteiger charge is -2.19. The number of hydrogen-bond acceptors (Lipinski definition) is 5. The highest BCUT2D eigenvalue weighted by molar-refractivity contribution is 5.98. The van der Waals surface area contributed by atoms with Gasteiger partial charge >= 0.3 is 0 Å². The van der Waals surface area contributed by atoms with Gasteiger partial charge in [0.05, 0.1) is 5.69 Å². The molecule has 9 heteroatoms. The second-order valence-electron chi connectivity index (χ2n) is 7.69. The Balaban J connectivity index is 1.75. The second kappa shape index (κ2) is 7.74. The van der Waals surface area contributed by atoms with Crippen LogP contribution in [-0.2, 0) is 0 Å². The molecular weight excluding hydrogens is 387 g/mol. The van der Waals surface area contributed by atoms with Gasteiger partial charge in [-0.3, -0.25) is 9.59 Å².